The second kappa shape index (κ2) is 11.4. The Morgan fingerprint density at radius 2 is 0.940 bits per heavy atom. The van der Waals surface area contributed by atoms with Gasteiger partial charge in [0.2, 0.25) is 0 Å². The lowest BCUT2D eigenvalue weighted by Gasteiger charge is -2.13. The summed E-state index contributed by atoms with van der Waals surface area (Å²) in [6, 6.07) is 61.4. The van der Waals surface area contributed by atoms with Crippen molar-refractivity contribution >= 4 is 43.7 Å². The third kappa shape index (κ3) is 4.69. The second-order valence-electron chi connectivity index (χ2n) is 12.6. The molecule has 0 saturated heterocycles. The van der Waals surface area contributed by atoms with Gasteiger partial charge < -0.3 is 8.98 Å². The van der Waals surface area contributed by atoms with Crippen molar-refractivity contribution < 1.29 is 4.42 Å². The molecular formula is C46H29N3O. The average molecular weight is 640 g/mol. The molecule has 0 N–H and O–H groups in total. The molecule has 7 aromatic carbocycles. The molecule has 0 radical (unpaired) electrons. The molecule has 0 saturated carbocycles. The zero-order valence-electron chi connectivity index (χ0n) is 27.0. The molecule has 3 aromatic heterocycles. The van der Waals surface area contributed by atoms with E-state index in [4.69, 9.17) is 14.4 Å². The van der Waals surface area contributed by atoms with Crippen molar-refractivity contribution in [3.05, 3.63) is 176 Å². The SMILES string of the molecule is c1ccc(-c2cc(-c3cccc(-n4c5ccccc5c5ccccc54)c3)nc(-c3cccc(-c4ccc5oc6ccccc6c5c4)c3)n2)cc1. The summed E-state index contributed by atoms with van der Waals surface area (Å²) in [6.07, 6.45) is 0. The topological polar surface area (TPSA) is 43.9 Å². The summed E-state index contributed by atoms with van der Waals surface area (Å²) in [7, 11) is 0. The van der Waals surface area contributed by atoms with Crippen LogP contribution in [0, 0.1) is 0 Å². The number of fused-ring (bicyclic) bond motifs is 6. The van der Waals surface area contributed by atoms with E-state index < -0.39 is 0 Å². The molecule has 0 aliphatic rings. The van der Waals surface area contributed by atoms with Gasteiger partial charge in [0, 0.05) is 43.9 Å². The van der Waals surface area contributed by atoms with Crippen molar-refractivity contribution in [1.29, 1.82) is 0 Å². The van der Waals surface area contributed by atoms with Gasteiger partial charge in [0.1, 0.15) is 11.2 Å². The first-order valence-corrected chi connectivity index (χ1v) is 16.8. The van der Waals surface area contributed by atoms with E-state index in [1.165, 1.54) is 21.8 Å². The monoisotopic (exact) mass is 639 g/mol. The third-order valence-electron chi connectivity index (χ3n) is 9.61. The van der Waals surface area contributed by atoms with E-state index in [0.29, 0.717) is 5.82 Å². The van der Waals surface area contributed by atoms with Gasteiger partial charge in [-0.2, -0.15) is 0 Å². The van der Waals surface area contributed by atoms with Gasteiger partial charge in [-0.05, 0) is 65.7 Å². The molecule has 4 heteroatoms. The van der Waals surface area contributed by atoms with E-state index in [2.05, 4.69) is 162 Å². The zero-order chi connectivity index (χ0) is 33.0. The molecule has 10 rings (SSSR count). The number of aromatic nitrogens is 3. The van der Waals surface area contributed by atoms with Gasteiger partial charge in [-0.3, -0.25) is 0 Å². The Kier molecular flexibility index (Phi) is 6.46. The first-order chi connectivity index (χ1) is 24.8. The lowest BCUT2D eigenvalue weighted by Crippen LogP contribution is -1.98. The Hall–Kier alpha value is -6.78. The third-order valence-corrected chi connectivity index (χ3v) is 9.61. The molecule has 3 heterocycles. The van der Waals surface area contributed by atoms with Crippen molar-refractivity contribution in [2.75, 3.05) is 0 Å². The molecule has 234 valence electrons. The number of rotatable bonds is 5. The summed E-state index contributed by atoms with van der Waals surface area (Å²) in [5.74, 6) is 0.681. The van der Waals surface area contributed by atoms with Crippen molar-refractivity contribution in [3.63, 3.8) is 0 Å². The Morgan fingerprint density at radius 1 is 0.360 bits per heavy atom. The summed E-state index contributed by atoms with van der Waals surface area (Å²) in [5.41, 5.74) is 12.2. The van der Waals surface area contributed by atoms with Crippen LogP contribution in [-0.4, -0.2) is 14.5 Å². The standard InChI is InChI=1S/C46H29N3O/c1-2-12-30(13-3-1)40-29-41(33-15-11-17-35(27-33)49-42-21-7-4-18-36(42)37-19-5-8-22-43(37)49)48-46(47-40)34-16-10-14-31(26-34)32-24-25-45-39(28-32)38-20-6-9-23-44(38)50-45/h1-29H. The Balaban J connectivity index is 1.12. The quantitative estimate of drug-likeness (QED) is 0.188. The van der Waals surface area contributed by atoms with Gasteiger partial charge in [-0.25, -0.2) is 9.97 Å². The predicted octanol–water partition coefficient (Wildman–Crippen LogP) is 12.1. The van der Waals surface area contributed by atoms with Gasteiger partial charge in [-0.1, -0.05) is 121 Å². The molecule has 0 aliphatic carbocycles. The van der Waals surface area contributed by atoms with Crippen LogP contribution in [0.3, 0.4) is 0 Å². The molecule has 0 aliphatic heterocycles. The highest BCUT2D eigenvalue weighted by Crippen LogP contribution is 2.36. The van der Waals surface area contributed by atoms with Crippen molar-refractivity contribution in [1.82, 2.24) is 14.5 Å². The van der Waals surface area contributed by atoms with Gasteiger partial charge in [0.25, 0.3) is 0 Å². The van der Waals surface area contributed by atoms with Crippen LogP contribution in [0.5, 0.6) is 0 Å². The number of hydrogen-bond donors (Lipinski definition) is 0. The van der Waals surface area contributed by atoms with Crippen molar-refractivity contribution in [2.45, 2.75) is 0 Å². The van der Waals surface area contributed by atoms with Crippen LogP contribution < -0.4 is 0 Å². The summed E-state index contributed by atoms with van der Waals surface area (Å²) in [6.45, 7) is 0. The number of furan rings is 1. The van der Waals surface area contributed by atoms with Crippen LogP contribution in [0.2, 0.25) is 0 Å². The lowest BCUT2D eigenvalue weighted by molar-refractivity contribution is 0.669. The first-order valence-electron chi connectivity index (χ1n) is 16.8. The van der Waals surface area contributed by atoms with Gasteiger partial charge >= 0.3 is 0 Å². The van der Waals surface area contributed by atoms with E-state index in [1.54, 1.807) is 0 Å². The van der Waals surface area contributed by atoms with Gasteiger partial charge in [-0.15, -0.1) is 0 Å². The molecule has 0 bridgehead atoms. The molecule has 0 fully saturated rings. The van der Waals surface area contributed by atoms with Crippen molar-refractivity contribution in [2.24, 2.45) is 0 Å². The Bertz CT molecular complexity index is 2830. The smallest absolute Gasteiger partial charge is 0.160 e. The zero-order valence-corrected chi connectivity index (χ0v) is 27.0. The number of hydrogen-bond acceptors (Lipinski definition) is 3. The Labute approximate surface area is 288 Å². The highest BCUT2D eigenvalue weighted by Gasteiger charge is 2.15. The molecular weight excluding hydrogens is 611 g/mol. The summed E-state index contributed by atoms with van der Waals surface area (Å²) in [4.78, 5) is 10.4. The number of benzene rings is 7. The van der Waals surface area contributed by atoms with Gasteiger partial charge in [0.15, 0.2) is 5.82 Å². The minimum atomic E-state index is 0.681. The molecule has 0 amide bonds. The van der Waals surface area contributed by atoms with Crippen LogP contribution in [0.4, 0.5) is 0 Å². The van der Waals surface area contributed by atoms with E-state index in [9.17, 15) is 0 Å². The van der Waals surface area contributed by atoms with Crippen LogP contribution in [0.15, 0.2) is 180 Å². The van der Waals surface area contributed by atoms with Crippen LogP contribution in [-0.2, 0) is 0 Å². The molecule has 50 heavy (non-hydrogen) atoms. The second-order valence-corrected chi connectivity index (χ2v) is 12.6. The number of para-hydroxylation sites is 3. The Morgan fingerprint density at radius 3 is 1.74 bits per heavy atom. The van der Waals surface area contributed by atoms with Gasteiger partial charge in [0.05, 0.1) is 22.4 Å². The molecule has 10 aromatic rings. The minimum Gasteiger partial charge on any atom is -0.456 e. The van der Waals surface area contributed by atoms with E-state index >= 15 is 0 Å². The maximum Gasteiger partial charge on any atom is 0.160 e. The van der Waals surface area contributed by atoms with E-state index in [0.717, 1.165) is 66.8 Å². The average Bonchev–Trinajstić information content (AvgIpc) is 3.74. The fraction of sp³-hybridized carbons (Fsp3) is 0. The van der Waals surface area contributed by atoms with Crippen molar-refractivity contribution in [3.8, 4) is 50.7 Å². The summed E-state index contributed by atoms with van der Waals surface area (Å²) in [5, 5.41) is 4.71. The predicted molar refractivity (Wildman–Crippen MR) is 205 cm³/mol. The fourth-order valence-electron chi connectivity index (χ4n) is 7.23. The number of nitrogens with zero attached hydrogens (tertiary/aromatic N) is 3. The largest absolute Gasteiger partial charge is 0.456 e. The summed E-state index contributed by atoms with van der Waals surface area (Å²) < 4.78 is 8.44. The maximum absolute atomic E-state index is 6.10. The van der Waals surface area contributed by atoms with Crippen LogP contribution >= 0.6 is 0 Å². The molecule has 4 nitrogen and oxygen atoms in total. The van der Waals surface area contributed by atoms with E-state index in [1.807, 2.05) is 18.2 Å². The lowest BCUT2D eigenvalue weighted by atomic mass is 10.00. The highest BCUT2D eigenvalue weighted by molar-refractivity contribution is 6.09. The normalized spacial score (nSPS) is 11.6. The molecule has 0 atom stereocenters. The minimum absolute atomic E-state index is 0.681. The maximum atomic E-state index is 6.10. The van der Waals surface area contributed by atoms with Crippen LogP contribution in [0.25, 0.3) is 94.5 Å². The molecule has 0 spiro atoms. The summed E-state index contributed by atoms with van der Waals surface area (Å²) >= 11 is 0. The van der Waals surface area contributed by atoms with E-state index in [-0.39, 0.29) is 0 Å². The molecule has 0 unspecified atom stereocenters. The highest BCUT2D eigenvalue weighted by atomic mass is 16.3. The fourth-order valence-corrected chi connectivity index (χ4v) is 7.23. The van der Waals surface area contributed by atoms with Crippen LogP contribution in [0.1, 0.15) is 0 Å². The first kappa shape index (κ1) is 28.3.